The number of aromatic hydroxyl groups is 1. The summed E-state index contributed by atoms with van der Waals surface area (Å²) in [5, 5.41) is 19.9. The molecule has 3 aromatic rings. The lowest BCUT2D eigenvalue weighted by atomic mass is 10.3. The summed E-state index contributed by atoms with van der Waals surface area (Å²) in [5.74, 6) is -0.105. The van der Waals surface area contributed by atoms with E-state index in [2.05, 4.69) is 10.3 Å². The Balaban J connectivity index is 1.71. The van der Waals surface area contributed by atoms with Gasteiger partial charge in [-0.15, -0.1) is 0 Å². The van der Waals surface area contributed by atoms with Crippen LogP contribution in [0.5, 0.6) is 11.5 Å². The molecule has 26 heavy (non-hydrogen) atoms. The van der Waals surface area contributed by atoms with Crippen LogP contribution >= 0.6 is 0 Å². The Morgan fingerprint density at radius 2 is 2.04 bits per heavy atom. The number of aromatic nitrogens is 2. The predicted molar refractivity (Wildman–Crippen MR) is 94.7 cm³/mol. The van der Waals surface area contributed by atoms with E-state index < -0.39 is 11.4 Å². The third-order valence-electron chi connectivity index (χ3n) is 3.42. The van der Waals surface area contributed by atoms with Crippen molar-refractivity contribution in [1.82, 2.24) is 9.55 Å². The summed E-state index contributed by atoms with van der Waals surface area (Å²) in [5.41, 5.74) is -0.00870. The molecule has 0 amide bonds. The standard InChI is InChI=1S/C18H15FN4O3/c19-12-4-6-13(7-5-12)23-9-8-21-17(18(23)25)22-16(20)11-26-15-3-1-2-14(24)10-15/h1-10,24H,11H2,(H2,20,21,22). The molecule has 7 nitrogen and oxygen atoms in total. The fourth-order valence-corrected chi connectivity index (χ4v) is 2.21. The Morgan fingerprint density at radius 1 is 1.27 bits per heavy atom. The normalized spacial score (nSPS) is 10.3. The van der Waals surface area contributed by atoms with Crippen molar-refractivity contribution < 1.29 is 14.2 Å². The number of phenolic OH excluding ortho intramolecular Hbond substituents is 1. The fraction of sp³-hybridized carbons (Fsp3) is 0.0556. The molecule has 0 unspecified atom stereocenters. The van der Waals surface area contributed by atoms with Gasteiger partial charge in [0.25, 0.3) is 5.56 Å². The molecule has 0 radical (unpaired) electrons. The van der Waals surface area contributed by atoms with E-state index in [0.717, 1.165) is 0 Å². The topological polar surface area (TPSA) is 100 Å². The van der Waals surface area contributed by atoms with E-state index in [1.54, 1.807) is 12.1 Å². The van der Waals surface area contributed by atoms with Crippen molar-refractivity contribution in [3.63, 3.8) is 0 Å². The Bertz CT molecular complexity index is 986. The monoisotopic (exact) mass is 354 g/mol. The summed E-state index contributed by atoms with van der Waals surface area (Å²) in [6, 6.07) is 11.6. The van der Waals surface area contributed by atoms with Gasteiger partial charge in [-0.2, -0.15) is 0 Å². The van der Waals surface area contributed by atoms with Gasteiger partial charge in [0.15, 0.2) is 5.82 Å². The molecule has 1 aromatic heterocycles. The first-order chi connectivity index (χ1) is 12.5. The van der Waals surface area contributed by atoms with Crippen molar-refractivity contribution in [2.45, 2.75) is 0 Å². The predicted octanol–water partition coefficient (Wildman–Crippen LogP) is 2.55. The molecule has 0 aliphatic rings. The molecule has 8 heteroatoms. The van der Waals surface area contributed by atoms with Crippen LogP contribution in [0.4, 0.5) is 10.2 Å². The SMILES string of the molecule is N=C(COc1cccc(O)c1)Nc1nccn(-c2ccc(F)cc2)c1=O. The lowest BCUT2D eigenvalue weighted by Crippen LogP contribution is -2.28. The molecule has 0 fully saturated rings. The van der Waals surface area contributed by atoms with Crippen LogP contribution in [0.25, 0.3) is 5.69 Å². The summed E-state index contributed by atoms with van der Waals surface area (Å²) < 4.78 is 19.7. The van der Waals surface area contributed by atoms with Crippen molar-refractivity contribution in [2.75, 3.05) is 11.9 Å². The summed E-state index contributed by atoms with van der Waals surface area (Å²) in [7, 11) is 0. The van der Waals surface area contributed by atoms with Crippen LogP contribution in [0, 0.1) is 11.2 Å². The maximum atomic E-state index is 13.0. The zero-order chi connectivity index (χ0) is 18.5. The third kappa shape index (κ3) is 4.04. The second kappa shape index (κ2) is 7.47. The van der Waals surface area contributed by atoms with Gasteiger partial charge in [-0.1, -0.05) is 6.07 Å². The third-order valence-corrected chi connectivity index (χ3v) is 3.42. The van der Waals surface area contributed by atoms with Gasteiger partial charge in [-0.3, -0.25) is 14.8 Å². The van der Waals surface area contributed by atoms with Crippen molar-refractivity contribution in [2.24, 2.45) is 0 Å². The molecule has 0 bridgehead atoms. The molecular weight excluding hydrogens is 339 g/mol. The largest absolute Gasteiger partial charge is 0.508 e. The molecule has 0 saturated heterocycles. The first-order valence-corrected chi connectivity index (χ1v) is 7.63. The molecule has 3 N–H and O–H groups in total. The van der Waals surface area contributed by atoms with Crippen LogP contribution in [0.2, 0.25) is 0 Å². The van der Waals surface area contributed by atoms with Crippen molar-refractivity contribution >= 4 is 11.7 Å². The van der Waals surface area contributed by atoms with E-state index in [0.29, 0.717) is 11.4 Å². The van der Waals surface area contributed by atoms with Crippen LogP contribution in [0.15, 0.2) is 65.7 Å². The van der Waals surface area contributed by atoms with Crippen molar-refractivity contribution in [3.05, 3.63) is 77.1 Å². The lowest BCUT2D eigenvalue weighted by Gasteiger charge is -2.11. The highest BCUT2D eigenvalue weighted by atomic mass is 19.1. The number of nitrogens with one attached hydrogen (secondary N) is 2. The average Bonchev–Trinajstić information content (AvgIpc) is 2.63. The van der Waals surface area contributed by atoms with E-state index in [9.17, 15) is 14.3 Å². The number of phenols is 1. The molecule has 0 saturated carbocycles. The van der Waals surface area contributed by atoms with Crippen LogP contribution in [-0.4, -0.2) is 27.1 Å². The van der Waals surface area contributed by atoms with Gasteiger partial charge in [0.1, 0.15) is 29.8 Å². The zero-order valence-corrected chi connectivity index (χ0v) is 13.5. The highest BCUT2D eigenvalue weighted by molar-refractivity contribution is 5.93. The molecule has 1 heterocycles. The van der Waals surface area contributed by atoms with Crippen molar-refractivity contribution in [3.8, 4) is 17.2 Å². The number of ether oxygens (including phenoxy) is 1. The minimum absolute atomic E-state index is 0.0499. The average molecular weight is 354 g/mol. The maximum Gasteiger partial charge on any atom is 0.298 e. The molecule has 132 valence electrons. The first-order valence-electron chi connectivity index (χ1n) is 7.63. The number of benzene rings is 2. The molecule has 3 rings (SSSR count). The number of hydrogen-bond donors (Lipinski definition) is 3. The van der Waals surface area contributed by atoms with Gasteiger partial charge < -0.3 is 15.2 Å². The minimum Gasteiger partial charge on any atom is -0.508 e. The highest BCUT2D eigenvalue weighted by Gasteiger charge is 2.09. The van der Waals surface area contributed by atoms with Gasteiger partial charge in [-0.25, -0.2) is 9.37 Å². The van der Waals surface area contributed by atoms with Crippen LogP contribution < -0.4 is 15.6 Å². The number of rotatable bonds is 5. The van der Waals surface area contributed by atoms with E-state index >= 15 is 0 Å². The summed E-state index contributed by atoms with van der Waals surface area (Å²) >= 11 is 0. The number of anilines is 1. The fourth-order valence-electron chi connectivity index (χ4n) is 2.21. The zero-order valence-electron chi connectivity index (χ0n) is 13.5. The maximum absolute atomic E-state index is 13.0. The number of nitrogens with zero attached hydrogens (tertiary/aromatic N) is 2. The summed E-state index contributed by atoms with van der Waals surface area (Å²) in [6.45, 7) is -0.143. The van der Waals surface area contributed by atoms with Gasteiger partial charge in [0, 0.05) is 24.1 Å². The van der Waals surface area contributed by atoms with Gasteiger partial charge in [0.2, 0.25) is 0 Å². The van der Waals surface area contributed by atoms with E-state index in [-0.39, 0.29) is 24.0 Å². The molecule has 0 aliphatic carbocycles. The number of halogens is 1. The molecular formula is C18H15FN4O3. The highest BCUT2D eigenvalue weighted by Crippen LogP contribution is 2.17. The molecule has 0 spiro atoms. The Hall–Kier alpha value is -3.68. The Kier molecular flexibility index (Phi) is 4.93. The van der Waals surface area contributed by atoms with E-state index in [1.165, 1.54) is 53.4 Å². The van der Waals surface area contributed by atoms with Crippen LogP contribution in [0.1, 0.15) is 0 Å². The number of hydrogen-bond acceptors (Lipinski definition) is 5. The molecule has 0 aliphatic heterocycles. The Morgan fingerprint density at radius 3 is 2.77 bits per heavy atom. The first kappa shape index (κ1) is 17.2. The summed E-state index contributed by atoms with van der Waals surface area (Å²) in [4.78, 5) is 16.4. The smallest absolute Gasteiger partial charge is 0.298 e. The number of amidine groups is 1. The molecule has 2 aromatic carbocycles. The van der Waals surface area contributed by atoms with Crippen molar-refractivity contribution in [1.29, 1.82) is 5.41 Å². The van der Waals surface area contributed by atoms with E-state index in [4.69, 9.17) is 10.1 Å². The second-order valence-corrected chi connectivity index (χ2v) is 5.32. The minimum atomic E-state index is -0.485. The summed E-state index contributed by atoms with van der Waals surface area (Å²) in [6.07, 6.45) is 2.85. The lowest BCUT2D eigenvalue weighted by molar-refractivity contribution is 0.371. The quantitative estimate of drug-likeness (QED) is 0.483. The van der Waals surface area contributed by atoms with E-state index in [1.807, 2.05) is 0 Å². The Labute approximate surface area is 147 Å². The van der Waals surface area contributed by atoms with Gasteiger partial charge >= 0.3 is 0 Å². The van der Waals surface area contributed by atoms with Crippen LogP contribution in [0.3, 0.4) is 0 Å². The molecule has 0 atom stereocenters. The van der Waals surface area contributed by atoms with Gasteiger partial charge in [-0.05, 0) is 36.4 Å². The van der Waals surface area contributed by atoms with Crippen LogP contribution in [-0.2, 0) is 0 Å². The second-order valence-electron chi connectivity index (χ2n) is 5.32. The van der Waals surface area contributed by atoms with Gasteiger partial charge in [0.05, 0.1) is 0 Å².